The maximum Gasteiger partial charge on any atom is 0.269 e. The molecule has 0 spiro atoms. The molecule has 1 aromatic carbocycles. The smallest absolute Gasteiger partial charge is 0.269 e. The molecule has 6 nitrogen and oxygen atoms in total. The van der Waals surface area contributed by atoms with Crippen LogP contribution in [0.15, 0.2) is 24.3 Å². The van der Waals surface area contributed by atoms with Gasteiger partial charge in [0.2, 0.25) is 0 Å². The van der Waals surface area contributed by atoms with Crippen LogP contribution in [0.25, 0.3) is 0 Å². The molecule has 1 aromatic rings. The second-order valence-corrected chi connectivity index (χ2v) is 7.37. The van der Waals surface area contributed by atoms with Crippen molar-refractivity contribution < 1.29 is 20.1 Å². The molecule has 6 heteroatoms. The number of hydrogen-bond acceptors (Lipinski definition) is 4. The number of hydrogen-bond donors (Lipinski definition) is 2. The standard InChI is InChI=1S/C16H22N2O4/c1-15(2)9-12(19)13(16(3,4)17-15)14(20)10-6-5-7-11(8-10)18(21)22/h5-8,13-14,17,20H,9H2,1-4H3/p+1/t13-,14+/m0/s1. The van der Waals surface area contributed by atoms with E-state index in [-0.39, 0.29) is 17.0 Å². The number of aliphatic hydroxyl groups excluding tert-OH is 1. The van der Waals surface area contributed by atoms with Gasteiger partial charge in [-0.05, 0) is 33.3 Å². The number of carbonyl (C=O) groups is 1. The molecule has 3 N–H and O–H groups in total. The lowest BCUT2D eigenvalue weighted by atomic mass is 9.70. The molecule has 120 valence electrons. The molecule has 1 heterocycles. The number of nitrogens with zero attached hydrogens (tertiary/aromatic N) is 1. The number of nitro benzene ring substituents is 1. The predicted molar refractivity (Wildman–Crippen MR) is 81.3 cm³/mol. The highest BCUT2D eigenvalue weighted by molar-refractivity contribution is 5.84. The lowest BCUT2D eigenvalue weighted by Gasteiger charge is -2.44. The zero-order valence-electron chi connectivity index (χ0n) is 13.4. The molecule has 1 saturated heterocycles. The highest BCUT2D eigenvalue weighted by Crippen LogP contribution is 2.35. The van der Waals surface area contributed by atoms with Crippen molar-refractivity contribution in [1.29, 1.82) is 0 Å². The van der Waals surface area contributed by atoms with Crippen LogP contribution in [0.2, 0.25) is 0 Å². The number of piperidine rings is 1. The lowest BCUT2D eigenvalue weighted by Crippen LogP contribution is -3.07. The van der Waals surface area contributed by atoms with Gasteiger partial charge in [-0.15, -0.1) is 0 Å². The summed E-state index contributed by atoms with van der Waals surface area (Å²) < 4.78 is 0. The van der Waals surface area contributed by atoms with Crippen LogP contribution in [0.5, 0.6) is 0 Å². The fourth-order valence-corrected chi connectivity index (χ4v) is 3.72. The Balaban J connectivity index is 2.36. The summed E-state index contributed by atoms with van der Waals surface area (Å²) in [6.07, 6.45) is -0.678. The summed E-state index contributed by atoms with van der Waals surface area (Å²) >= 11 is 0. The van der Waals surface area contributed by atoms with Crippen LogP contribution in [0.3, 0.4) is 0 Å². The summed E-state index contributed by atoms with van der Waals surface area (Å²) in [5, 5.41) is 23.6. The molecule has 22 heavy (non-hydrogen) atoms. The Morgan fingerprint density at radius 3 is 2.55 bits per heavy atom. The summed E-state index contributed by atoms with van der Waals surface area (Å²) in [5.74, 6) is -0.598. The van der Waals surface area contributed by atoms with E-state index >= 15 is 0 Å². The van der Waals surface area contributed by atoms with E-state index < -0.39 is 22.5 Å². The topological polar surface area (TPSA) is 97.0 Å². The van der Waals surface area contributed by atoms with E-state index in [0.29, 0.717) is 12.0 Å². The van der Waals surface area contributed by atoms with Crippen molar-refractivity contribution in [2.75, 3.05) is 0 Å². The van der Waals surface area contributed by atoms with Crippen LogP contribution in [-0.4, -0.2) is 26.9 Å². The van der Waals surface area contributed by atoms with Gasteiger partial charge >= 0.3 is 0 Å². The number of aliphatic hydroxyl groups is 1. The molecule has 1 fully saturated rings. The Labute approximate surface area is 129 Å². The number of Topliss-reactive ketones (excluding diaryl/α,β-unsaturated/α-hetero) is 1. The number of nitrogens with two attached hydrogens (primary N) is 1. The summed E-state index contributed by atoms with van der Waals surface area (Å²) in [7, 11) is 0. The van der Waals surface area contributed by atoms with Crippen molar-refractivity contribution in [3.8, 4) is 0 Å². The molecular formula is C16H23N2O4+. The molecule has 0 aromatic heterocycles. The third-order valence-corrected chi connectivity index (χ3v) is 4.28. The molecule has 2 atom stereocenters. The van der Waals surface area contributed by atoms with Gasteiger partial charge in [-0.3, -0.25) is 14.9 Å². The highest BCUT2D eigenvalue weighted by atomic mass is 16.6. The number of rotatable bonds is 3. The second kappa shape index (κ2) is 5.44. The fraction of sp³-hybridized carbons (Fsp3) is 0.562. The van der Waals surface area contributed by atoms with Gasteiger partial charge in [0.25, 0.3) is 5.69 Å². The van der Waals surface area contributed by atoms with Crippen LogP contribution in [0.1, 0.15) is 45.8 Å². The van der Waals surface area contributed by atoms with Crippen molar-refractivity contribution in [3.05, 3.63) is 39.9 Å². The third-order valence-electron chi connectivity index (χ3n) is 4.28. The van der Waals surface area contributed by atoms with E-state index in [4.69, 9.17) is 0 Å². The van der Waals surface area contributed by atoms with Gasteiger partial charge in [-0.2, -0.15) is 0 Å². The Hall–Kier alpha value is -1.79. The zero-order chi connectivity index (χ0) is 16.7. The first-order chi connectivity index (χ1) is 10.0. The summed E-state index contributed by atoms with van der Waals surface area (Å²) in [4.78, 5) is 22.9. The molecule has 0 radical (unpaired) electrons. The van der Waals surface area contributed by atoms with E-state index in [1.165, 1.54) is 18.2 Å². The van der Waals surface area contributed by atoms with Crippen molar-refractivity contribution in [3.63, 3.8) is 0 Å². The van der Waals surface area contributed by atoms with Crippen LogP contribution < -0.4 is 5.32 Å². The summed E-state index contributed by atoms with van der Waals surface area (Å²) in [6.45, 7) is 7.86. The fourth-order valence-electron chi connectivity index (χ4n) is 3.72. The quantitative estimate of drug-likeness (QED) is 0.650. The van der Waals surface area contributed by atoms with Gasteiger partial charge < -0.3 is 10.4 Å². The Kier molecular flexibility index (Phi) is 4.10. The Morgan fingerprint density at radius 2 is 2.00 bits per heavy atom. The van der Waals surface area contributed by atoms with E-state index in [1.54, 1.807) is 6.07 Å². The van der Waals surface area contributed by atoms with Crippen LogP contribution in [-0.2, 0) is 4.79 Å². The molecule has 0 aliphatic carbocycles. The maximum atomic E-state index is 12.5. The van der Waals surface area contributed by atoms with E-state index in [0.717, 1.165) is 0 Å². The van der Waals surface area contributed by atoms with Gasteiger partial charge in [-0.25, -0.2) is 0 Å². The second-order valence-electron chi connectivity index (χ2n) is 7.37. The first-order valence-corrected chi connectivity index (χ1v) is 7.36. The van der Waals surface area contributed by atoms with E-state index in [2.05, 4.69) is 5.32 Å². The molecular weight excluding hydrogens is 284 g/mol. The van der Waals surface area contributed by atoms with Gasteiger partial charge in [0.15, 0.2) is 5.78 Å². The first-order valence-electron chi connectivity index (χ1n) is 7.36. The Morgan fingerprint density at radius 1 is 1.36 bits per heavy atom. The molecule has 0 amide bonds. The largest absolute Gasteiger partial charge is 0.387 e. The molecule has 0 saturated carbocycles. The number of ketones is 1. The number of benzene rings is 1. The van der Waals surface area contributed by atoms with E-state index in [9.17, 15) is 20.0 Å². The van der Waals surface area contributed by atoms with Gasteiger partial charge in [0.05, 0.1) is 23.0 Å². The van der Waals surface area contributed by atoms with Crippen LogP contribution >= 0.6 is 0 Å². The minimum absolute atomic E-state index is 0.00324. The first kappa shape index (κ1) is 16.6. The predicted octanol–water partition coefficient (Wildman–Crippen LogP) is 1.34. The van der Waals surface area contributed by atoms with Crippen LogP contribution in [0.4, 0.5) is 5.69 Å². The van der Waals surface area contributed by atoms with Gasteiger partial charge in [-0.1, -0.05) is 12.1 Å². The molecule has 0 unspecified atom stereocenters. The molecule has 2 rings (SSSR count). The summed E-state index contributed by atoms with van der Waals surface area (Å²) in [6, 6.07) is 5.87. The van der Waals surface area contributed by atoms with Crippen molar-refractivity contribution in [2.24, 2.45) is 5.92 Å². The van der Waals surface area contributed by atoms with Gasteiger partial charge in [0, 0.05) is 12.1 Å². The zero-order valence-corrected chi connectivity index (χ0v) is 13.4. The molecule has 0 bridgehead atoms. The molecule has 1 aliphatic heterocycles. The summed E-state index contributed by atoms with van der Waals surface area (Å²) in [5.41, 5.74) is -0.363. The molecule has 1 aliphatic rings. The minimum atomic E-state index is -1.05. The number of nitro groups is 1. The normalized spacial score (nSPS) is 24.8. The number of non-ortho nitro benzene ring substituents is 1. The third kappa shape index (κ3) is 3.18. The van der Waals surface area contributed by atoms with Crippen molar-refractivity contribution >= 4 is 11.5 Å². The van der Waals surface area contributed by atoms with E-state index in [1.807, 2.05) is 27.7 Å². The van der Waals surface area contributed by atoms with Crippen molar-refractivity contribution in [2.45, 2.75) is 51.3 Å². The lowest BCUT2D eigenvalue weighted by molar-refractivity contribution is -0.788. The Bertz CT molecular complexity index is 610. The number of quaternary nitrogens is 1. The van der Waals surface area contributed by atoms with Gasteiger partial charge in [0.1, 0.15) is 11.5 Å². The van der Waals surface area contributed by atoms with Crippen LogP contribution in [0, 0.1) is 16.0 Å². The maximum absolute atomic E-state index is 12.5. The minimum Gasteiger partial charge on any atom is -0.387 e. The van der Waals surface area contributed by atoms with Crippen molar-refractivity contribution in [1.82, 2.24) is 0 Å². The number of carbonyl (C=O) groups excluding carboxylic acids is 1. The highest BCUT2D eigenvalue weighted by Gasteiger charge is 2.52. The average molecular weight is 307 g/mol. The average Bonchev–Trinajstić information content (AvgIpc) is 2.35. The SMILES string of the molecule is CC1(C)CC(=O)[C@@H]([C@H](O)c2cccc([N+](=O)[O-])c2)C(C)(C)[NH2+]1. The monoisotopic (exact) mass is 307 g/mol.